The number of aliphatic hydroxyl groups is 1. The van der Waals surface area contributed by atoms with Crippen LogP contribution >= 0.6 is 0 Å². The van der Waals surface area contributed by atoms with Crippen LogP contribution < -0.4 is 10.6 Å². The van der Waals surface area contributed by atoms with E-state index in [4.69, 9.17) is 9.15 Å². The molecular formula is C16H16N2O5. The van der Waals surface area contributed by atoms with E-state index in [9.17, 15) is 14.7 Å². The number of furan rings is 1. The summed E-state index contributed by atoms with van der Waals surface area (Å²) < 4.78 is 10.1. The lowest BCUT2D eigenvalue weighted by molar-refractivity contribution is -0.133. The van der Waals surface area contributed by atoms with Crippen LogP contribution in [0, 0.1) is 0 Å². The Balaban J connectivity index is 1.64. The maximum atomic E-state index is 11.9. The van der Waals surface area contributed by atoms with Crippen molar-refractivity contribution in [2.45, 2.75) is 12.1 Å². The average Bonchev–Trinajstić information content (AvgIpc) is 3.09. The summed E-state index contributed by atoms with van der Waals surface area (Å²) in [5.41, 5.74) is 1.20. The van der Waals surface area contributed by atoms with Gasteiger partial charge in [0, 0.05) is 5.69 Å². The highest BCUT2D eigenvalue weighted by atomic mass is 16.5. The molecule has 1 fully saturated rings. The maximum Gasteiger partial charge on any atom is 0.291 e. The predicted molar refractivity (Wildman–Crippen MR) is 80.8 cm³/mol. The molecule has 2 amide bonds. The molecule has 7 heteroatoms. The molecule has 23 heavy (non-hydrogen) atoms. The molecule has 0 aliphatic carbocycles. The van der Waals surface area contributed by atoms with Gasteiger partial charge >= 0.3 is 0 Å². The quantitative estimate of drug-likeness (QED) is 0.783. The molecule has 2 atom stereocenters. The highest BCUT2D eigenvalue weighted by Gasteiger charge is 2.26. The molecule has 2 aromatic rings. The number of ether oxygens (including phenoxy) is 1. The molecule has 0 spiro atoms. The zero-order valence-corrected chi connectivity index (χ0v) is 12.2. The number of carbonyl (C=O) groups excluding carboxylic acids is 2. The van der Waals surface area contributed by atoms with Gasteiger partial charge in [0.25, 0.3) is 5.91 Å². The van der Waals surface area contributed by atoms with Crippen molar-refractivity contribution in [3.05, 3.63) is 54.0 Å². The molecule has 120 valence electrons. The van der Waals surface area contributed by atoms with E-state index in [1.807, 2.05) is 0 Å². The number of morpholine rings is 1. The molecule has 7 nitrogen and oxygen atoms in total. The normalized spacial score (nSPS) is 19.0. The monoisotopic (exact) mass is 316 g/mol. The fraction of sp³-hybridized carbons (Fsp3) is 0.250. The fourth-order valence-electron chi connectivity index (χ4n) is 2.34. The summed E-state index contributed by atoms with van der Waals surface area (Å²) in [5, 5.41) is 15.7. The van der Waals surface area contributed by atoms with Crippen molar-refractivity contribution < 1.29 is 23.8 Å². The molecule has 0 bridgehead atoms. The number of benzene rings is 1. The number of hydrogen-bond donors (Lipinski definition) is 3. The summed E-state index contributed by atoms with van der Waals surface area (Å²) in [4.78, 5) is 23.2. The van der Waals surface area contributed by atoms with Gasteiger partial charge in [0.15, 0.2) is 5.76 Å². The summed E-state index contributed by atoms with van der Waals surface area (Å²) >= 11 is 0. The van der Waals surface area contributed by atoms with Gasteiger partial charge < -0.3 is 24.9 Å². The number of carbonyl (C=O) groups is 2. The van der Waals surface area contributed by atoms with Gasteiger partial charge in [0.2, 0.25) is 5.91 Å². The van der Waals surface area contributed by atoms with Crippen molar-refractivity contribution in [1.29, 1.82) is 0 Å². The van der Waals surface area contributed by atoms with Crippen LogP contribution in [0.25, 0.3) is 0 Å². The van der Waals surface area contributed by atoms with Crippen LogP contribution in [0.3, 0.4) is 0 Å². The Bertz CT molecular complexity index is 681. The zero-order valence-electron chi connectivity index (χ0n) is 12.2. The van der Waals surface area contributed by atoms with Gasteiger partial charge in [0.1, 0.15) is 12.7 Å². The third-order valence-corrected chi connectivity index (χ3v) is 3.51. The van der Waals surface area contributed by atoms with E-state index in [1.165, 1.54) is 6.26 Å². The van der Waals surface area contributed by atoms with E-state index in [-0.39, 0.29) is 30.8 Å². The second-order valence-electron chi connectivity index (χ2n) is 5.19. The summed E-state index contributed by atoms with van der Waals surface area (Å²) in [6, 6.07) is 9.43. The Hall–Kier alpha value is -2.64. The maximum absolute atomic E-state index is 11.9. The van der Waals surface area contributed by atoms with Crippen LogP contribution in [-0.2, 0) is 9.53 Å². The van der Waals surface area contributed by atoms with Gasteiger partial charge in [-0.3, -0.25) is 9.59 Å². The molecule has 0 saturated carbocycles. The Morgan fingerprint density at radius 2 is 2.09 bits per heavy atom. The van der Waals surface area contributed by atoms with Gasteiger partial charge in [-0.15, -0.1) is 0 Å². The van der Waals surface area contributed by atoms with E-state index in [2.05, 4.69) is 10.6 Å². The van der Waals surface area contributed by atoms with Crippen molar-refractivity contribution in [2.24, 2.45) is 0 Å². The first-order valence-electron chi connectivity index (χ1n) is 7.13. The van der Waals surface area contributed by atoms with Crippen molar-refractivity contribution in [1.82, 2.24) is 5.32 Å². The van der Waals surface area contributed by atoms with Gasteiger partial charge in [-0.05, 0) is 29.8 Å². The third kappa shape index (κ3) is 3.58. The summed E-state index contributed by atoms with van der Waals surface area (Å²) in [5.74, 6) is -0.380. The van der Waals surface area contributed by atoms with Crippen LogP contribution in [0.2, 0.25) is 0 Å². The molecule has 0 unspecified atom stereocenters. The van der Waals surface area contributed by atoms with Gasteiger partial charge in [0.05, 0.1) is 18.9 Å². The van der Waals surface area contributed by atoms with Crippen LogP contribution in [0.5, 0.6) is 0 Å². The second-order valence-corrected chi connectivity index (χ2v) is 5.19. The van der Waals surface area contributed by atoms with Crippen molar-refractivity contribution in [3.8, 4) is 0 Å². The molecule has 3 N–H and O–H groups in total. The Morgan fingerprint density at radius 1 is 1.30 bits per heavy atom. The molecule has 0 radical (unpaired) electrons. The standard InChI is InChI=1S/C16H16N2O5/c19-14-9-22-8-12(18-14)15(20)10-3-5-11(6-4-10)17-16(21)13-2-1-7-23-13/h1-7,12,15,20H,8-9H2,(H,17,21)(H,18,19)/t12-,15-/m1/s1. The number of hydrogen-bond acceptors (Lipinski definition) is 5. The first kappa shape index (κ1) is 15.3. The smallest absolute Gasteiger partial charge is 0.291 e. The molecule has 1 aliphatic rings. The fourth-order valence-corrected chi connectivity index (χ4v) is 2.34. The number of aliphatic hydroxyl groups excluding tert-OH is 1. The molecule has 2 heterocycles. The van der Waals surface area contributed by atoms with E-state index in [0.29, 0.717) is 11.3 Å². The Morgan fingerprint density at radius 3 is 2.74 bits per heavy atom. The third-order valence-electron chi connectivity index (χ3n) is 3.51. The lowest BCUT2D eigenvalue weighted by Crippen LogP contribution is -2.48. The van der Waals surface area contributed by atoms with Gasteiger partial charge in [-0.2, -0.15) is 0 Å². The topological polar surface area (TPSA) is 101 Å². The first-order valence-corrected chi connectivity index (χ1v) is 7.13. The lowest BCUT2D eigenvalue weighted by atomic mass is 10.0. The number of nitrogens with one attached hydrogen (secondary N) is 2. The summed E-state index contributed by atoms with van der Waals surface area (Å²) in [7, 11) is 0. The first-order chi connectivity index (χ1) is 11.1. The van der Waals surface area contributed by atoms with Crippen molar-refractivity contribution in [2.75, 3.05) is 18.5 Å². The van der Waals surface area contributed by atoms with Crippen LogP contribution in [0.1, 0.15) is 22.2 Å². The highest BCUT2D eigenvalue weighted by molar-refractivity contribution is 6.02. The van der Waals surface area contributed by atoms with Gasteiger partial charge in [-0.1, -0.05) is 12.1 Å². The van der Waals surface area contributed by atoms with Crippen LogP contribution in [-0.4, -0.2) is 36.2 Å². The largest absolute Gasteiger partial charge is 0.459 e. The molecule has 1 saturated heterocycles. The van der Waals surface area contributed by atoms with E-state index >= 15 is 0 Å². The minimum Gasteiger partial charge on any atom is -0.459 e. The summed E-state index contributed by atoms with van der Waals surface area (Å²) in [6.07, 6.45) is 0.545. The highest BCUT2D eigenvalue weighted by Crippen LogP contribution is 2.21. The van der Waals surface area contributed by atoms with Crippen LogP contribution in [0.15, 0.2) is 47.1 Å². The predicted octanol–water partition coefficient (Wildman–Crippen LogP) is 1.08. The minimum atomic E-state index is -0.880. The average molecular weight is 316 g/mol. The van der Waals surface area contributed by atoms with E-state index in [1.54, 1.807) is 36.4 Å². The Kier molecular flexibility index (Phi) is 4.40. The molecule has 3 rings (SSSR count). The van der Waals surface area contributed by atoms with Gasteiger partial charge in [-0.25, -0.2) is 0 Å². The zero-order chi connectivity index (χ0) is 16.2. The second kappa shape index (κ2) is 6.64. The van der Waals surface area contributed by atoms with E-state index in [0.717, 1.165) is 0 Å². The molecule has 1 aromatic heterocycles. The summed E-state index contributed by atoms with van der Waals surface area (Å²) in [6.45, 7) is 0.269. The molecule has 1 aliphatic heterocycles. The SMILES string of the molecule is O=C1COC[C@H]([C@H](O)c2ccc(NC(=O)c3ccco3)cc2)N1. The molecule has 1 aromatic carbocycles. The minimum absolute atomic E-state index is 0.0148. The number of amides is 2. The lowest BCUT2D eigenvalue weighted by Gasteiger charge is -2.28. The van der Waals surface area contributed by atoms with Crippen molar-refractivity contribution in [3.63, 3.8) is 0 Å². The van der Waals surface area contributed by atoms with Crippen molar-refractivity contribution >= 4 is 17.5 Å². The Labute approximate surface area is 132 Å². The van der Waals surface area contributed by atoms with Crippen LogP contribution in [0.4, 0.5) is 5.69 Å². The number of rotatable bonds is 4. The number of anilines is 1. The van der Waals surface area contributed by atoms with E-state index < -0.39 is 12.1 Å². The molecular weight excluding hydrogens is 300 g/mol.